The smallest absolute Gasteiger partial charge is 0.350 e. The fourth-order valence-electron chi connectivity index (χ4n) is 7.56. The van der Waals surface area contributed by atoms with Crippen molar-refractivity contribution >= 4 is 23.8 Å². The van der Waals surface area contributed by atoms with Gasteiger partial charge in [0.2, 0.25) is 12.0 Å². The molecule has 2 aromatic rings. The van der Waals surface area contributed by atoms with Crippen molar-refractivity contribution in [3.05, 3.63) is 96.1 Å². The van der Waals surface area contributed by atoms with E-state index in [1.807, 2.05) is 60.7 Å². The quantitative estimate of drug-likeness (QED) is 0.158. The normalized spacial score (nSPS) is 39.2. The van der Waals surface area contributed by atoms with Crippen molar-refractivity contribution in [2.24, 2.45) is 22.7 Å². The predicted molar refractivity (Wildman–Crippen MR) is 158 cm³/mol. The van der Waals surface area contributed by atoms with Gasteiger partial charge in [-0.25, -0.2) is 19.4 Å². The number of aliphatic imine (C=N–C) groups is 1. The molecule has 10 heteroatoms. The van der Waals surface area contributed by atoms with Crippen LogP contribution in [0.2, 0.25) is 0 Å². The predicted octanol–water partition coefficient (Wildman–Crippen LogP) is 3.65. The zero-order valence-corrected chi connectivity index (χ0v) is 24.8. The summed E-state index contributed by atoms with van der Waals surface area (Å²) in [7, 11) is 0. The van der Waals surface area contributed by atoms with E-state index in [1.54, 1.807) is 6.92 Å². The third-order valence-electron chi connectivity index (χ3n) is 10.2. The zero-order chi connectivity index (χ0) is 31.1. The first-order valence-electron chi connectivity index (χ1n) is 15.3. The van der Waals surface area contributed by atoms with E-state index in [0.717, 1.165) is 16.7 Å². The lowest BCUT2D eigenvalue weighted by Gasteiger charge is -2.31. The number of carbonyl (C=O) groups excluding carboxylic acids is 3. The molecule has 1 spiro atoms. The Kier molecular flexibility index (Phi) is 6.34. The van der Waals surface area contributed by atoms with Gasteiger partial charge in [-0.1, -0.05) is 67.3 Å². The summed E-state index contributed by atoms with van der Waals surface area (Å²) < 4.78 is 35.8. The van der Waals surface area contributed by atoms with E-state index in [2.05, 4.69) is 13.2 Å². The molecule has 0 N–H and O–H groups in total. The van der Waals surface area contributed by atoms with Gasteiger partial charge in [0.1, 0.15) is 30.0 Å². The number of hydrogen-bond donors (Lipinski definition) is 0. The molecule has 4 heterocycles. The molecule has 232 valence electrons. The molecular formula is C35H33NO9. The Labute approximate surface area is 260 Å². The van der Waals surface area contributed by atoms with E-state index in [-0.39, 0.29) is 24.0 Å². The van der Waals surface area contributed by atoms with Crippen molar-refractivity contribution in [3.8, 4) is 0 Å². The van der Waals surface area contributed by atoms with Crippen LogP contribution in [0.1, 0.15) is 36.9 Å². The Balaban J connectivity index is 1.06. The van der Waals surface area contributed by atoms with Crippen LogP contribution in [0.15, 0.2) is 90.0 Å². The number of esters is 3. The van der Waals surface area contributed by atoms with Gasteiger partial charge in [-0.2, -0.15) is 0 Å². The Hall–Kier alpha value is -4.28. The SMILES string of the molecule is C=C1C(=O)O[C@H]2[C@H]1[C@@H](OC(=O)[C@]1(C)CO1)CC(=C)[C@@H]1C[C@H](OC(=O)[C@H]3OC(c4ccccc4)=N[C@H]3c3ccccc3)[C@]3(CO3)[C@H]21. The van der Waals surface area contributed by atoms with E-state index in [0.29, 0.717) is 25.3 Å². The number of rotatable bonds is 6. The minimum atomic E-state index is -1.00. The van der Waals surface area contributed by atoms with Crippen molar-refractivity contribution in [2.75, 3.05) is 13.2 Å². The Bertz CT molecular complexity index is 1630. The van der Waals surface area contributed by atoms with Crippen LogP contribution >= 0.6 is 0 Å². The molecule has 10 atom stereocenters. The van der Waals surface area contributed by atoms with Gasteiger partial charge in [0.05, 0.1) is 19.1 Å². The van der Waals surface area contributed by atoms with Crippen LogP contribution in [0.3, 0.4) is 0 Å². The second kappa shape index (κ2) is 10.1. The average Bonchev–Trinajstić information content (AvgIpc) is 3.90. The highest BCUT2D eigenvalue weighted by molar-refractivity contribution is 5.98. The maximum atomic E-state index is 14.0. The molecule has 0 radical (unpaired) electrons. The molecule has 8 rings (SSSR count). The molecule has 2 aromatic carbocycles. The third-order valence-corrected chi connectivity index (χ3v) is 10.2. The molecule has 6 aliphatic rings. The van der Waals surface area contributed by atoms with E-state index in [9.17, 15) is 14.4 Å². The summed E-state index contributed by atoms with van der Waals surface area (Å²) in [6.07, 6.45) is -2.28. The molecule has 0 amide bonds. The fourth-order valence-corrected chi connectivity index (χ4v) is 7.56. The highest BCUT2D eigenvalue weighted by Gasteiger charge is 2.72. The lowest BCUT2D eigenvalue weighted by atomic mass is 9.78. The van der Waals surface area contributed by atoms with Crippen molar-refractivity contribution in [1.29, 1.82) is 0 Å². The third kappa shape index (κ3) is 4.53. The lowest BCUT2D eigenvalue weighted by molar-refractivity contribution is -0.164. The summed E-state index contributed by atoms with van der Waals surface area (Å²) in [4.78, 5) is 44.5. The van der Waals surface area contributed by atoms with Crippen LogP contribution in [0.5, 0.6) is 0 Å². The van der Waals surface area contributed by atoms with Crippen LogP contribution in [-0.2, 0) is 42.8 Å². The topological polar surface area (TPSA) is 126 Å². The first-order chi connectivity index (χ1) is 21.7. The minimum Gasteiger partial charge on any atom is -0.459 e. The highest BCUT2D eigenvalue weighted by atomic mass is 16.7. The number of ether oxygens (including phenoxy) is 6. The summed E-state index contributed by atoms with van der Waals surface area (Å²) in [5.74, 6) is -2.35. The van der Waals surface area contributed by atoms with E-state index in [4.69, 9.17) is 33.4 Å². The monoisotopic (exact) mass is 611 g/mol. The highest BCUT2D eigenvalue weighted by Crippen LogP contribution is 2.61. The molecule has 0 unspecified atom stereocenters. The van der Waals surface area contributed by atoms with Crippen molar-refractivity contribution in [3.63, 3.8) is 0 Å². The zero-order valence-electron chi connectivity index (χ0n) is 24.8. The maximum Gasteiger partial charge on any atom is 0.350 e. The first-order valence-corrected chi connectivity index (χ1v) is 15.3. The summed E-state index contributed by atoms with van der Waals surface area (Å²) in [6, 6.07) is 18.4. The van der Waals surface area contributed by atoms with Crippen LogP contribution in [0.4, 0.5) is 0 Å². The molecular weight excluding hydrogens is 578 g/mol. The van der Waals surface area contributed by atoms with E-state index < -0.39 is 65.5 Å². The molecule has 4 aliphatic heterocycles. The molecule has 3 saturated heterocycles. The molecule has 2 aliphatic carbocycles. The van der Waals surface area contributed by atoms with Crippen LogP contribution < -0.4 is 0 Å². The van der Waals surface area contributed by atoms with Crippen molar-refractivity contribution < 1.29 is 42.8 Å². The standard InChI is InChI=1S/C35H33NO9/c1-18-14-23(42-33(39)34(3)16-40-34)25-19(2)31(37)45-28(25)26-22(18)15-24(35(26)17-41-35)43-32(38)29-27(20-10-6-4-7-11-20)36-30(44-29)21-12-8-5-9-13-21/h4-13,22-29H,1-2,14-17H2,3H3/t22-,23-,24-,25+,26-,27-,28-,29-,34-,35+/m0/s1. The first kappa shape index (κ1) is 28.2. The van der Waals surface area contributed by atoms with Gasteiger partial charge < -0.3 is 28.4 Å². The number of epoxide rings is 2. The Morgan fingerprint density at radius 2 is 1.64 bits per heavy atom. The number of carbonyl (C=O) groups is 3. The van der Waals surface area contributed by atoms with E-state index >= 15 is 0 Å². The molecule has 5 fully saturated rings. The minimum absolute atomic E-state index is 0.210. The fraction of sp³-hybridized carbons (Fsp3) is 0.429. The molecule has 45 heavy (non-hydrogen) atoms. The second-order valence-electron chi connectivity index (χ2n) is 13.0. The maximum absolute atomic E-state index is 14.0. The van der Waals surface area contributed by atoms with Crippen LogP contribution in [0, 0.1) is 17.8 Å². The van der Waals surface area contributed by atoms with Gasteiger partial charge in [0, 0.05) is 23.5 Å². The van der Waals surface area contributed by atoms with Crippen LogP contribution in [0.25, 0.3) is 0 Å². The summed E-state index contributed by atoms with van der Waals surface area (Å²) in [6.45, 7) is 10.7. The molecule has 0 bridgehead atoms. The van der Waals surface area contributed by atoms with Crippen molar-refractivity contribution in [2.45, 2.75) is 61.4 Å². The van der Waals surface area contributed by atoms with Gasteiger partial charge in [-0.3, -0.25) is 0 Å². The Morgan fingerprint density at radius 1 is 0.956 bits per heavy atom. The molecule has 10 nitrogen and oxygen atoms in total. The Morgan fingerprint density at radius 3 is 2.31 bits per heavy atom. The van der Waals surface area contributed by atoms with E-state index in [1.165, 1.54) is 0 Å². The molecule has 0 aromatic heterocycles. The summed E-state index contributed by atoms with van der Waals surface area (Å²) >= 11 is 0. The number of benzene rings is 2. The lowest BCUT2D eigenvalue weighted by Crippen LogP contribution is -2.45. The summed E-state index contributed by atoms with van der Waals surface area (Å²) in [5.41, 5.74) is 0.805. The largest absolute Gasteiger partial charge is 0.459 e. The number of nitrogens with zero attached hydrogens (tertiary/aromatic N) is 1. The van der Waals surface area contributed by atoms with Gasteiger partial charge in [0.15, 0.2) is 5.60 Å². The van der Waals surface area contributed by atoms with Gasteiger partial charge >= 0.3 is 17.9 Å². The van der Waals surface area contributed by atoms with Crippen molar-refractivity contribution in [1.82, 2.24) is 0 Å². The molecule has 2 saturated carbocycles. The summed E-state index contributed by atoms with van der Waals surface area (Å²) in [5, 5.41) is 0. The second-order valence-corrected chi connectivity index (χ2v) is 13.0. The number of hydrogen-bond acceptors (Lipinski definition) is 10. The van der Waals surface area contributed by atoms with Gasteiger partial charge in [-0.05, 0) is 37.0 Å². The van der Waals surface area contributed by atoms with Crippen LogP contribution in [-0.4, -0.2) is 72.6 Å². The van der Waals surface area contributed by atoms with Gasteiger partial charge in [0.25, 0.3) is 0 Å². The van der Waals surface area contributed by atoms with Gasteiger partial charge in [-0.15, -0.1) is 0 Å². The number of fused-ring (bicyclic) bond motifs is 4. The average molecular weight is 612 g/mol.